The third kappa shape index (κ3) is 4.27. The molecule has 0 spiro atoms. The van der Waals surface area contributed by atoms with Gasteiger partial charge in [0.2, 0.25) is 0 Å². The number of methoxy groups -OCH3 is 2. The third-order valence-electron chi connectivity index (χ3n) is 4.65. The molecule has 0 saturated carbocycles. The Labute approximate surface area is 182 Å². The van der Waals surface area contributed by atoms with Gasteiger partial charge in [-0.25, -0.2) is 0 Å². The average molecular weight is 438 g/mol. The van der Waals surface area contributed by atoms with Crippen molar-refractivity contribution >= 4 is 40.3 Å². The summed E-state index contributed by atoms with van der Waals surface area (Å²) in [6.45, 7) is 0.244. The minimum absolute atomic E-state index is 0.244. The molecule has 1 aromatic heterocycles. The van der Waals surface area contributed by atoms with Crippen molar-refractivity contribution in [3.63, 3.8) is 0 Å². The Kier molecular flexibility index (Phi) is 5.92. The predicted octanol–water partition coefficient (Wildman–Crippen LogP) is 5.67. The zero-order valence-corrected chi connectivity index (χ0v) is 18.1. The Hall–Kier alpha value is -3.03. The molecule has 1 saturated heterocycles. The topological polar surface area (TPSA) is 55.8 Å². The highest BCUT2D eigenvalue weighted by Crippen LogP contribution is 2.36. The first-order chi connectivity index (χ1) is 14.6. The van der Waals surface area contributed by atoms with E-state index in [1.165, 1.54) is 4.90 Å². The molecule has 0 unspecified atom stereocenters. The average Bonchev–Trinajstić information content (AvgIpc) is 3.35. The molecule has 0 radical (unpaired) electrons. The van der Waals surface area contributed by atoms with Crippen LogP contribution in [-0.4, -0.2) is 30.3 Å². The molecular formula is C23H19NO4S2. The summed E-state index contributed by atoms with van der Waals surface area (Å²) in [5.41, 5.74) is 1.95. The molecule has 1 aliphatic rings. The van der Waals surface area contributed by atoms with E-state index in [9.17, 15) is 9.59 Å². The summed E-state index contributed by atoms with van der Waals surface area (Å²) in [7, 11) is 3.24. The van der Waals surface area contributed by atoms with Crippen molar-refractivity contribution in [2.24, 2.45) is 0 Å². The largest absolute Gasteiger partial charge is 0.497 e. The van der Waals surface area contributed by atoms with Gasteiger partial charge in [-0.05, 0) is 77.5 Å². The predicted molar refractivity (Wildman–Crippen MR) is 121 cm³/mol. The van der Waals surface area contributed by atoms with E-state index in [-0.39, 0.29) is 17.7 Å². The van der Waals surface area contributed by atoms with Crippen molar-refractivity contribution in [1.82, 2.24) is 4.90 Å². The molecule has 1 fully saturated rings. The molecular weight excluding hydrogens is 418 g/mol. The number of ether oxygens (including phenoxy) is 2. The SMILES string of the molecule is COc1ccc(CN2C(=O)S/C(=C\c3ccc(-c4ccc(OC)cc4)s3)C2=O)cc1. The summed E-state index contributed by atoms with van der Waals surface area (Å²) in [4.78, 5) is 28.9. The van der Waals surface area contributed by atoms with Gasteiger partial charge in [-0.2, -0.15) is 0 Å². The molecule has 5 nitrogen and oxygen atoms in total. The molecule has 7 heteroatoms. The van der Waals surface area contributed by atoms with Crippen molar-refractivity contribution in [2.45, 2.75) is 6.54 Å². The lowest BCUT2D eigenvalue weighted by molar-refractivity contribution is -0.123. The number of imide groups is 1. The molecule has 4 rings (SSSR count). The van der Waals surface area contributed by atoms with Crippen LogP contribution in [0.5, 0.6) is 11.5 Å². The fraction of sp³-hybridized carbons (Fsp3) is 0.130. The maximum Gasteiger partial charge on any atom is 0.293 e. The zero-order chi connectivity index (χ0) is 21.1. The van der Waals surface area contributed by atoms with Crippen molar-refractivity contribution < 1.29 is 19.1 Å². The van der Waals surface area contributed by atoms with E-state index in [4.69, 9.17) is 9.47 Å². The maximum absolute atomic E-state index is 12.8. The number of benzene rings is 2. The van der Waals surface area contributed by atoms with Crippen LogP contribution in [0.25, 0.3) is 16.5 Å². The summed E-state index contributed by atoms with van der Waals surface area (Å²) < 4.78 is 10.3. The summed E-state index contributed by atoms with van der Waals surface area (Å²) >= 11 is 2.55. The zero-order valence-electron chi connectivity index (χ0n) is 16.5. The Morgan fingerprint density at radius 3 is 2.13 bits per heavy atom. The maximum atomic E-state index is 12.8. The van der Waals surface area contributed by atoms with E-state index in [0.717, 1.165) is 44.1 Å². The number of hydrogen-bond acceptors (Lipinski definition) is 6. The van der Waals surface area contributed by atoms with Crippen LogP contribution >= 0.6 is 23.1 Å². The van der Waals surface area contributed by atoms with E-state index < -0.39 is 0 Å². The standard InChI is InChI=1S/C23H19NO4S2/c1-27-17-7-3-15(4-8-17)14-24-22(25)21(30-23(24)26)13-19-11-12-20(29-19)16-5-9-18(28-2)10-6-16/h3-13H,14H2,1-2H3/b21-13-. The first kappa shape index (κ1) is 20.3. The van der Waals surface area contributed by atoms with Crippen LogP contribution < -0.4 is 9.47 Å². The van der Waals surface area contributed by atoms with Gasteiger partial charge >= 0.3 is 0 Å². The lowest BCUT2D eigenvalue weighted by Crippen LogP contribution is -2.27. The van der Waals surface area contributed by atoms with Gasteiger partial charge in [-0.3, -0.25) is 14.5 Å². The van der Waals surface area contributed by atoms with E-state index in [0.29, 0.717) is 4.91 Å². The quantitative estimate of drug-likeness (QED) is 0.465. The van der Waals surface area contributed by atoms with Crippen LogP contribution in [0, 0.1) is 0 Å². The number of thioether (sulfide) groups is 1. The van der Waals surface area contributed by atoms with Crippen molar-refractivity contribution in [2.75, 3.05) is 14.2 Å². The molecule has 0 bridgehead atoms. The van der Waals surface area contributed by atoms with Crippen LogP contribution in [0.3, 0.4) is 0 Å². The first-order valence-electron chi connectivity index (χ1n) is 9.20. The highest BCUT2D eigenvalue weighted by Gasteiger charge is 2.35. The smallest absolute Gasteiger partial charge is 0.293 e. The summed E-state index contributed by atoms with van der Waals surface area (Å²) in [5, 5.41) is -0.256. The first-order valence-corrected chi connectivity index (χ1v) is 10.8. The molecule has 2 heterocycles. The van der Waals surface area contributed by atoms with E-state index in [1.54, 1.807) is 31.6 Å². The summed E-state index contributed by atoms with van der Waals surface area (Å²) in [6.07, 6.45) is 1.79. The molecule has 3 aromatic rings. The van der Waals surface area contributed by atoms with Gasteiger partial charge in [-0.15, -0.1) is 11.3 Å². The summed E-state index contributed by atoms with van der Waals surface area (Å²) in [6, 6.07) is 19.1. The lowest BCUT2D eigenvalue weighted by Gasteiger charge is -2.12. The molecule has 0 atom stereocenters. The fourth-order valence-corrected chi connectivity index (χ4v) is 4.88. The molecule has 1 aliphatic heterocycles. The highest BCUT2D eigenvalue weighted by atomic mass is 32.2. The van der Waals surface area contributed by atoms with E-state index in [2.05, 4.69) is 0 Å². The van der Waals surface area contributed by atoms with Gasteiger partial charge in [-0.1, -0.05) is 12.1 Å². The number of thiophene rings is 1. The van der Waals surface area contributed by atoms with Crippen molar-refractivity contribution in [1.29, 1.82) is 0 Å². The molecule has 0 aliphatic carbocycles. The number of rotatable bonds is 6. The van der Waals surface area contributed by atoms with Crippen LogP contribution in [0.4, 0.5) is 4.79 Å². The Balaban J connectivity index is 1.49. The monoisotopic (exact) mass is 437 g/mol. The van der Waals surface area contributed by atoms with Crippen LogP contribution in [0.1, 0.15) is 10.4 Å². The second kappa shape index (κ2) is 8.77. The number of nitrogens with zero attached hydrogens (tertiary/aromatic N) is 1. The third-order valence-corrected chi connectivity index (χ3v) is 6.64. The molecule has 2 aromatic carbocycles. The lowest BCUT2D eigenvalue weighted by atomic mass is 10.2. The van der Waals surface area contributed by atoms with Gasteiger partial charge < -0.3 is 9.47 Å². The van der Waals surface area contributed by atoms with Gasteiger partial charge in [0.25, 0.3) is 11.1 Å². The van der Waals surface area contributed by atoms with E-state index in [1.807, 2.05) is 60.7 Å². The van der Waals surface area contributed by atoms with Crippen molar-refractivity contribution in [3.8, 4) is 21.9 Å². The fourth-order valence-electron chi connectivity index (χ4n) is 3.02. The minimum Gasteiger partial charge on any atom is -0.497 e. The number of hydrogen-bond donors (Lipinski definition) is 0. The van der Waals surface area contributed by atoms with Crippen LogP contribution in [0.15, 0.2) is 65.6 Å². The van der Waals surface area contributed by atoms with Gasteiger partial charge in [0.1, 0.15) is 11.5 Å². The molecule has 2 amide bonds. The van der Waals surface area contributed by atoms with Gasteiger partial charge in [0.05, 0.1) is 25.7 Å². The highest BCUT2D eigenvalue weighted by molar-refractivity contribution is 8.18. The minimum atomic E-state index is -0.264. The van der Waals surface area contributed by atoms with Gasteiger partial charge in [0, 0.05) is 9.75 Å². The number of amides is 2. The second-order valence-electron chi connectivity index (χ2n) is 6.55. The van der Waals surface area contributed by atoms with Crippen LogP contribution in [0.2, 0.25) is 0 Å². The number of carbonyl (C=O) groups is 2. The Bertz CT molecular complexity index is 1100. The van der Waals surface area contributed by atoms with Gasteiger partial charge in [0.15, 0.2) is 0 Å². The van der Waals surface area contributed by atoms with Crippen LogP contribution in [-0.2, 0) is 11.3 Å². The Morgan fingerprint density at radius 1 is 0.867 bits per heavy atom. The normalized spacial score (nSPS) is 15.1. The summed E-state index contributed by atoms with van der Waals surface area (Å²) in [5.74, 6) is 1.28. The number of carbonyl (C=O) groups excluding carboxylic acids is 2. The Morgan fingerprint density at radius 2 is 1.50 bits per heavy atom. The molecule has 30 heavy (non-hydrogen) atoms. The van der Waals surface area contributed by atoms with E-state index >= 15 is 0 Å². The molecule has 0 N–H and O–H groups in total. The molecule has 152 valence electrons. The second-order valence-corrected chi connectivity index (χ2v) is 8.65. The van der Waals surface area contributed by atoms with Crippen molar-refractivity contribution in [3.05, 3.63) is 76.0 Å².